The zero-order valence-electron chi connectivity index (χ0n) is 18.3. The highest BCUT2D eigenvalue weighted by molar-refractivity contribution is 14.0. The van der Waals surface area contributed by atoms with Crippen molar-refractivity contribution in [3.63, 3.8) is 0 Å². The van der Waals surface area contributed by atoms with Crippen LogP contribution in [0, 0.1) is 12.8 Å². The monoisotopic (exact) mass is 528 g/mol. The van der Waals surface area contributed by atoms with Crippen LogP contribution >= 0.6 is 24.0 Å². The molecule has 0 bridgehead atoms. The summed E-state index contributed by atoms with van der Waals surface area (Å²) in [6, 6.07) is 11.2. The summed E-state index contributed by atoms with van der Waals surface area (Å²) >= 11 is 0. The van der Waals surface area contributed by atoms with E-state index >= 15 is 0 Å². The average molecular weight is 528 g/mol. The van der Waals surface area contributed by atoms with Crippen LogP contribution in [0.4, 0.5) is 5.69 Å². The Morgan fingerprint density at radius 3 is 2.37 bits per heavy atom. The molecule has 30 heavy (non-hydrogen) atoms. The number of benzene rings is 1. The molecule has 166 valence electrons. The van der Waals surface area contributed by atoms with Crippen LogP contribution in [0.1, 0.15) is 44.8 Å². The van der Waals surface area contributed by atoms with Crippen molar-refractivity contribution in [2.75, 3.05) is 18.4 Å². The molecule has 0 radical (unpaired) electrons. The fourth-order valence-electron chi connectivity index (χ4n) is 2.56. The predicted molar refractivity (Wildman–Crippen MR) is 131 cm³/mol. The molecular formula is C22H33IN4O3. The van der Waals surface area contributed by atoms with Gasteiger partial charge in [0.25, 0.3) is 0 Å². The number of nitrogens with one attached hydrogen (secondary N) is 3. The summed E-state index contributed by atoms with van der Waals surface area (Å²) < 4.78 is 5.54. The minimum absolute atomic E-state index is 0. The van der Waals surface area contributed by atoms with Gasteiger partial charge in [-0.25, -0.2) is 4.99 Å². The molecule has 0 aliphatic heterocycles. The summed E-state index contributed by atoms with van der Waals surface area (Å²) in [5, 5.41) is 19.9. The lowest BCUT2D eigenvalue weighted by atomic mass is 10.0. The fraction of sp³-hybridized carbons (Fsp3) is 0.455. The SMILES string of the molecule is CCNC(=NCc1ccc(NC(=O)C(C)C)cc1)NCC(C)(O)c1ccc(C)o1.I. The van der Waals surface area contributed by atoms with Gasteiger partial charge in [0.15, 0.2) is 5.96 Å². The van der Waals surface area contributed by atoms with E-state index in [0.29, 0.717) is 24.8 Å². The summed E-state index contributed by atoms with van der Waals surface area (Å²) in [6.07, 6.45) is 0. The van der Waals surface area contributed by atoms with Gasteiger partial charge in [-0.2, -0.15) is 0 Å². The molecule has 7 nitrogen and oxygen atoms in total. The maximum absolute atomic E-state index is 11.8. The van der Waals surface area contributed by atoms with Gasteiger partial charge in [-0.15, -0.1) is 24.0 Å². The van der Waals surface area contributed by atoms with E-state index < -0.39 is 5.60 Å². The third kappa shape index (κ3) is 7.98. The van der Waals surface area contributed by atoms with E-state index in [1.807, 2.05) is 58.0 Å². The number of hydrogen-bond acceptors (Lipinski definition) is 4. The second kappa shape index (κ2) is 11.9. The summed E-state index contributed by atoms with van der Waals surface area (Å²) in [7, 11) is 0. The van der Waals surface area contributed by atoms with Crippen LogP contribution in [-0.2, 0) is 16.9 Å². The minimum Gasteiger partial charge on any atom is -0.463 e. The average Bonchev–Trinajstić information content (AvgIpc) is 3.12. The van der Waals surface area contributed by atoms with Crippen molar-refractivity contribution < 1.29 is 14.3 Å². The third-order valence-electron chi connectivity index (χ3n) is 4.38. The molecule has 0 aliphatic rings. The Bertz CT molecular complexity index is 829. The first kappa shape index (κ1) is 26.0. The highest BCUT2D eigenvalue weighted by Crippen LogP contribution is 2.21. The van der Waals surface area contributed by atoms with Crippen LogP contribution in [0.5, 0.6) is 0 Å². The van der Waals surface area contributed by atoms with Crippen LogP contribution in [0.2, 0.25) is 0 Å². The van der Waals surface area contributed by atoms with E-state index in [4.69, 9.17) is 4.42 Å². The molecule has 0 aliphatic carbocycles. The van der Waals surface area contributed by atoms with Crippen LogP contribution in [0.15, 0.2) is 45.8 Å². The molecule has 0 saturated heterocycles. The number of aliphatic hydroxyl groups is 1. The molecule has 2 rings (SSSR count). The van der Waals surface area contributed by atoms with E-state index in [2.05, 4.69) is 20.9 Å². The molecule has 1 aromatic carbocycles. The first-order chi connectivity index (χ1) is 13.7. The number of furan rings is 1. The Morgan fingerprint density at radius 1 is 1.17 bits per heavy atom. The molecule has 0 saturated carbocycles. The lowest BCUT2D eigenvalue weighted by Crippen LogP contribution is -2.44. The fourth-order valence-corrected chi connectivity index (χ4v) is 2.56. The van der Waals surface area contributed by atoms with Crippen LogP contribution in [0.25, 0.3) is 0 Å². The van der Waals surface area contributed by atoms with Crippen LogP contribution in [0.3, 0.4) is 0 Å². The Labute approximate surface area is 195 Å². The zero-order chi connectivity index (χ0) is 21.4. The standard InChI is InChI=1S/C22H32N4O3.HI/c1-6-23-21(25-14-22(5,28)19-12-7-16(4)29-19)24-13-17-8-10-18(11-9-17)26-20(27)15(2)3;/h7-12,15,28H,6,13-14H2,1-5H3,(H,26,27)(H2,23,24,25);1H. The molecule has 1 aromatic heterocycles. The molecule has 1 atom stereocenters. The highest BCUT2D eigenvalue weighted by Gasteiger charge is 2.27. The van der Waals surface area contributed by atoms with Crippen molar-refractivity contribution in [3.8, 4) is 0 Å². The van der Waals surface area contributed by atoms with Gasteiger partial charge in [-0.05, 0) is 50.6 Å². The highest BCUT2D eigenvalue weighted by atomic mass is 127. The number of carbonyl (C=O) groups excluding carboxylic acids is 1. The van der Waals surface area contributed by atoms with Gasteiger partial charge >= 0.3 is 0 Å². The van der Waals surface area contributed by atoms with E-state index in [-0.39, 0.29) is 42.3 Å². The van der Waals surface area contributed by atoms with Gasteiger partial charge in [-0.1, -0.05) is 26.0 Å². The number of anilines is 1. The molecule has 1 heterocycles. The van der Waals surface area contributed by atoms with Crippen LogP contribution in [-0.4, -0.2) is 30.1 Å². The van der Waals surface area contributed by atoms with E-state index in [0.717, 1.165) is 17.0 Å². The molecule has 1 amide bonds. The first-order valence-electron chi connectivity index (χ1n) is 9.92. The Hall–Kier alpha value is -2.07. The summed E-state index contributed by atoms with van der Waals surface area (Å²) in [4.78, 5) is 16.3. The molecule has 0 fully saturated rings. The van der Waals surface area contributed by atoms with Gasteiger partial charge in [0.05, 0.1) is 13.1 Å². The molecular weight excluding hydrogens is 495 g/mol. The van der Waals surface area contributed by atoms with Crippen molar-refractivity contribution in [2.45, 2.75) is 46.8 Å². The van der Waals surface area contributed by atoms with Crippen molar-refractivity contribution >= 4 is 41.5 Å². The predicted octanol–water partition coefficient (Wildman–Crippen LogP) is 3.76. The Balaban J connectivity index is 0.00000450. The number of guanidine groups is 1. The minimum atomic E-state index is -1.15. The largest absolute Gasteiger partial charge is 0.463 e. The number of nitrogens with zero attached hydrogens (tertiary/aromatic N) is 1. The van der Waals surface area contributed by atoms with E-state index in [1.54, 1.807) is 13.0 Å². The van der Waals surface area contributed by atoms with Crippen LogP contribution < -0.4 is 16.0 Å². The van der Waals surface area contributed by atoms with Crippen molar-refractivity contribution in [1.82, 2.24) is 10.6 Å². The lowest BCUT2D eigenvalue weighted by molar-refractivity contribution is -0.118. The number of halogens is 1. The van der Waals surface area contributed by atoms with E-state index in [9.17, 15) is 9.90 Å². The van der Waals surface area contributed by atoms with Gasteiger partial charge in [0.1, 0.15) is 17.1 Å². The number of rotatable bonds is 8. The molecule has 8 heteroatoms. The number of hydrogen-bond donors (Lipinski definition) is 4. The Kier molecular flexibility index (Phi) is 10.3. The van der Waals surface area contributed by atoms with Gasteiger partial charge in [0.2, 0.25) is 5.91 Å². The zero-order valence-corrected chi connectivity index (χ0v) is 20.6. The second-order valence-corrected chi connectivity index (χ2v) is 7.57. The number of carbonyl (C=O) groups is 1. The van der Waals surface area contributed by atoms with Crippen molar-refractivity contribution in [2.24, 2.45) is 10.9 Å². The van der Waals surface area contributed by atoms with Gasteiger partial charge in [0, 0.05) is 18.2 Å². The second-order valence-electron chi connectivity index (χ2n) is 7.57. The molecule has 2 aromatic rings. The maximum Gasteiger partial charge on any atom is 0.226 e. The Morgan fingerprint density at radius 2 is 1.83 bits per heavy atom. The summed E-state index contributed by atoms with van der Waals surface area (Å²) in [5.41, 5.74) is 0.630. The molecule has 0 spiro atoms. The topological polar surface area (TPSA) is 98.9 Å². The number of aryl methyl sites for hydroxylation is 1. The third-order valence-corrected chi connectivity index (χ3v) is 4.38. The summed E-state index contributed by atoms with van der Waals surface area (Å²) in [5.74, 6) is 1.81. The molecule has 1 unspecified atom stereocenters. The van der Waals surface area contributed by atoms with E-state index in [1.165, 1.54) is 0 Å². The smallest absolute Gasteiger partial charge is 0.226 e. The number of amides is 1. The van der Waals surface area contributed by atoms with Gasteiger partial charge < -0.3 is 25.5 Å². The molecule has 4 N–H and O–H groups in total. The number of aliphatic imine (C=N–C) groups is 1. The summed E-state index contributed by atoms with van der Waals surface area (Å²) in [6.45, 7) is 10.7. The first-order valence-corrected chi connectivity index (χ1v) is 9.92. The van der Waals surface area contributed by atoms with Gasteiger partial charge in [-0.3, -0.25) is 4.79 Å². The van der Waals surface area contributed by atoms with Crippen molar-refractivity contribution in [3.05, 3.63) is 53.5 Å². The quantitative estimate of drug-likeness (QED) is 0.238. The normalized spacial score (nSPS) is 13.4. The lowest BCUT2D eigenvalue weighted by Gasteiger charge is -2.22. The van der Waals surface area contributed by atoms with Crippen molar-refractivity contribution in [1.29, 1.82) is 0 Å². The maximum atomic E-state index is 11.8.